The molecule has 300 valence electrons. The van der Waals surface area contributed by atoms with E-state index in [1.807, 2.05) is 6.20 Å². The number of anilines is 2. The average Bonchev–Trinajstić information content (AvgIpc) is 3.84. The van der Waals surface area contributed by atoms with E-state index in [0.29, 0.717) is 6.67 Å². The minimum atomic E-state index is -0.207. The Morgan fingerprint density at radius 2 is 1.17 bits per heavy atom. The lowest BCUT2D eigenvalue weighted by Gasteiger charge is -2.28. The summed E-state index contributed by atoms with van der Waals surface area (Å²) in [6.07, 6.45) is 4.23. The van der Waals surface area contributed by atoms with Gasteiger partial charge in [-0.05, 0) is 93.2 Å². The number of ether oxygens (including phenoxy) is 1. The van der Waals surface area contributed by atoms with Gasteiger partial charge < -0.3 is 14.5 Å². The maximum absolute atomic E-state index is 6.93. The number of para-hydroxylation sites is 1. The van der Waals surface area contributed by atoms with E-state index >= 15 is 0 Å². The van der Waals surface area contributed by atoms with E-state index in [4.69, 9.17) is 9.72 Å². The van der Waals surface area contributed by atoms with Crippen LogP contribution in [0, 0.1) is 0 Å². The molecule has 60 heavy (non-hydrogen) atoms. The standard InChI is InChI=1S/C55H54N4O/c1-53(2,3)40-22-17-23-43(30-40)58-37-57(36-51(58)38-18-11-9-12-19-38)44-31-42(54(4,5)6)32-46(34-44)60-45-26-27-48-47-24-15-16-25-49(47)59(50(48)35-45)52-33-41(28-29-56-52)55(7,8)39-20-13-10-14-21-39/h9-36H,37H2,1-8H3. The fraction of sp³-hybridized carbons (Fsp3) is 0.218. The molecule has 9 rings (SSSR count). The molecule has 3 heterocycles. The van der Waals surface area contributed by atoms with Crippen molar-refractivity contribution in [3.63, 3.8) is 0 Å². The van der Waals surface area contributed by atoms with Gasteiger partial charge in [-0.25, -0.2) is 4.98 Å². The Labute approximate surface area is 355 Å². The Kier molecular flexibility index (Phi) is 9.66. The first-order chi connectivity index (χ1) is 28.7. The van der Waals surface area contributed by atoms with Crippen molar-refractivity contribution in [1.29, 1.82) is 0 Å². The molecule has 5 heteroatoms. The third-order valence-electron chi connectivity index (χ3n) is 12.1. The van der Waals surface area contributed by atoms with E-state index in [1.165, 1.54) is 38.9 Å². The molecular weight excluding hydrogens is 733 g/mol. The summed E-state index contributed by atoms with van der Waals surface area (Å²) in [4.78, 5) is 9.75. The van der Waals surface area contributed by atoms with Gasteiger partial charge >= 0.3 is 0 Å². The quantitative estimate of drug-likeness (QED) is 0.154. The molecule has 0 atom stereocenters. The summed E-state index contributed by atoms with van der Waals surface area (Å²) < 4.78 is 9.21. The van der Waals surface area contributed by atoms with Crippen LogP contribution in [0.5, 0.6) is 11.5 Å². The maximum Gasteiger partial charge on any atom is 0.137 e. The van der Waals surface area contributed by atoms with Crippen molar-refractivity contribution in [2.75, 3.05) is 16.5 Å². The molecule has 1 aliphatic rings. The summed E-state index contributed by atoms with van der Waals surface area (Å²) in [5.74, 6) is 2.45. The van der Waals surface area contributed by atoms with E-state index in [1.54, 1.807) is 0 Å². The minimum absolute atomic E-state index is 0.0382. The Hall–Kier alpha value is -6.59. The van der Waals surface area contributed by atoms with E-state index in [9.17, 15) is 0 Å². The molecule has 0 saturated carbocycles. The van der Waals surface area contributed by atoms with Crippen LogP contribution in [0.4, 0.5) is 11.4 Å². The first-order valence-corrected chi connectivity index (χ1v) is 21.1. The zero-order valence-electron chi connectivity index (χ0n) is 36.1. The van der Waals surface area contributed by atoms with Gasteiger partial charge in [-0.3, -0.25) is 4.57 Å². The smallest absolute Gasteiger partial charge is 0.137 e. The van der Waals surface area contributed by atoms with E-state index in [2.05, 4.69) is 234 Å². The number of fused-ring (bicyclic) bond motifs is 3. The summed E-state index contributed by atoms with van der Waals surface area (Å²) in [5.41, 5.74) is 11.5. The Morgan fingerprint density at radius 3 is 1.92 bits per heavy atom. The van der Waals surface area contributed by atoms with Crippen LogP contribution in [0.15, 0.2) is 170 Å². The first-order valence-electron chi connectivity index (χ1n) is 21.1. The normalized spacial score (nSPS) is 13.6. The van der Waals surface area contributed by atoms with Crippen LogP contribution in [0.25, 0.3) is 33.3 Å². The van der Waals surface area contributed by atoms with Crippen molar-refractivity contribution in [3.05, 3.63) is 198 Å². The predicted molar refractivity (Wildman–Crippen MR) is 252 cm³/mol. The number of nitrogens with zero attached hydrogens (tertiary/aromatic N) is 4. The van der Waals surface area contributed by atoms with Crippen LogP contribution in [-0.2, 0) is 16.2 Å². The highest BCUT2D eigenvalue weighted by Crippen LogP contribution is 2.41. The Morgan fingerprint density at radius 1 is 0.500 bits per heavy atom. The van der Waals surface area contributed by atoms with Crippen LogP contribution in [0.1, 0.15) is 83.2 Å². The largest absolute Gasteiger partial charge is 0.457 e. The van der Waals surface area contributed by atoms with Crippen molar-refractivity contribution < 1.29 is 4.74 Å². The van der Waals surface area contributed by atoms with Gasteiger partial charge in [0.25, 0.3) is 0 Å². The third-order valence-corrected chi connectivity index (χ3v) is 12.1. The number of hydrogen-bond acceptors (Lipinski definition) is 4. The molecule has 0 radical (unpaired) electrons. The van der Waals surface area contributed by atoms with Crippen molar-refractivity contribution in [3.8, 4) is 17.3 Å². The fourth-order valence-corrected chi connectivity index (χ4v) is 8.43. The molecule has 5 nitrogen and oxygen atoms in total. The Balaban J connectivity index is 1.12. The lowest BCUT2D eigenvalue weighted by atomic mass is 9.78. The molecule has 8 aromatic rings. The van der Waals surface area contributed by atoms with E-state index in [-0.39, 0.29) is 16.2 Å². The zero-order chi connectivity index (χ0) is 41.8. The van der Waals surface area contributed by atoms with Crippen molar-refractivity contribution in [1.82, 2.24) is 9.55 Å². The molecule has 0 spiro atoms. The van der Waals surface area contributed by atoms with E-state index in [0.717, 1.165) is 45.1 Å². The highest BCUT2D eigenvalue weighted by Gasteiger charge is 2.28. The number of rotatable bonds is 8. The minimum Gasteiger partial charge on any atom is -0.457 e. The third kappa shape index (κ3) is 7.34. The molecule has 0 aliphatic carbocycles. The van der Waals surface area contributed by atoms with Gasteiger partial charge in [-0.2, -0.15) is 0 Å². The monoisotopic (exact) mass is 786 g/mol. The maximum atomic E-state index is 6.93. The van der Waals surface area contributed by atoms with Crippen LogP contribution in [0.3, 0.4) is 0 Å². The van der Waals surface area contributed by atoms with E-state index < -0.39 is 0 Å². The van der Waals surface area contributed by atoms with Gasteiger partial charge in [0.05, 0.1) is 23.4 Å². The molecule has 0 saturated heterocycles. The second kappa shape index (κ2) is 14.9. The average molecular weight is 787 g/mol. The van der Waals surface area contributed by atoms with Crippen molar-refractivity contribution in [2.24, 2.45) is 0 Å². The summed E-state index contributed by atoms with van der Waals surface area (Å²) in [6.45, 7) is 18.8. The second-order valence-corrected chi connectivity index (χ2v) is 18.7. The van der Waals surface area contributed by atoms with Gasteiger partial charge in [-0.15, -0.1) is 0 Å². The second-order valence-electron chi connectivity index (χ2n) is 18.7. The number of pyridine rings is 1. The van der Waals surface area contributed by atoms with Gasteiger partial charge in [0.1, 0.15) is 17.3 Å². The van der Waals surface area contributed by atoms with Crippen molar-refractivity contribution in [2.45, 2.75) is 71.6 Å². The molecule has 2 aromatic heterocycles. The first kappa shape index (κ1) is 38.9. The zero-order valence-corrected chi connectivity index (χ0v) is 36.1. The molecule has 0 amide bonds. The SMILES string of the molecule is CC(C)(C)c1cc(Oc2ccc3c4ccccc4n(-c4cc(C(C)(C)c5ccccc5)ccn4)c3c2)cc(N2C=C(c3ccccc3)N(c3cccc(C(C)(C)C)c3)C2)c1. The van der Waals surface area contributed by atoms with Gasteiger partial charge in [0.15, 0.2) is 0 Å². The van der Waals surface area contributed by atoms with Crippen LogP contribution >= 0.6 is 0 Å². The van der Waals surface area contributed by atoms with Crippen LogP contribution in [-0.4, -0.2) is 16.2 Å². The lowest BCUT2D eigenvalue weighted by Crippen LogP contribution is -2.27. The molecular formula is C55H54N4O. The summed E-state index contributed by atoms with van der Waals surface area (Å²) in [6, 6.07) is 56.5. The lowest BCUT2D eigenvalue weighted by molar-refractivity contribution is 0.479. The van der Waals surface area contributed by atoms with Crippen molar-refractivity contribution >= 4 is 38.9 Å². The molecule has 6 aromatic carbocycles. The fourth-order valence-electron chi connectivity index (χ4n) is 8.43. The summed E-state index contributed by atoms with van der Waals surface area (Å²) in [7, 11) is 0. The van der Waals surface area contributed by atoms with Gasteiger partial charge in [-0.1, -0.05) is 146 Å². The summed E-state index contributed by atoms with van der Waals surface area (Å²) >= 11 is 0. The number of aromatic nitrogens is 2. The molecule has 0 N–H and O–H groups in total. The number of benzene rings is 6. The molecule has 1 aliphatic heterocycles. The molecule has 0 unspecified atom stereocenters. The Bertz CT molecular complexity index is 2870. The number of hydrogen-bond donors (Lipinski definition) is 0. The van der Waals surface area contributed by atoms with Crippen LogP contribution in [0.2, 0.25) is 0 Å². The van der Waals surface area contributed by atoms with Gasteiger partial charge in [0.2, 0.25) is 0 Å². The predicted octanol–water partition coefficient (Wildman–Crippen LogP) is 14.2. The molecule has 0 bridgehead atoms. The van der Waals surface area contributed by atoms with Gasteiger partial charge in [0, 0.05) is 52.1 Å². The highest BCUT2D eigenvalue weighted by molar-refractivity contribution is 6.09. The van der Waals surface area contributed by atoms with Crippen LogP contribution < -0.4 is 14.5 Å². The summed E-state index contributed by atoms with van der Waals surface area (Å²) in [5, 5.41) is 2.33. The highest BCUT2D eigenvalue weighted by atomic mass is 16.5. The topological polar surface area (TPSA) is 33.5 Å². The molecule has 0 fully saturated rings.